The number of benzene rings is 2. The van der Waals surface area contributed by atoms with E-state index in [2.05, 4.69) is 21.4 Å². The van der Waals surface area contributed by atoms with Crippen molar-refractivity contribution in [2.75, 3.05) is 22.6 Å². The summed E-state index contributed by atoms with van der Waals surface area (Å²) in [6.45, 7) is 0.463. The summed E-state index contributed by atoms with van der Waals surface area (Å²) in [5, 5.41) is 10.3. The molecule has 0 aromatic heterocycles. The summed E-state index contributed by atoms with van der Waals surface area (Å²) >= 11 is 1.10. The first-order valence-electron chi connectivity index (χ1n) is 9.55. The molecule has 0 saturated carbocycles. The SMILES string of the molecule is O=C(CSC1NC(=O)C2CNN(c3ccccc3)C2N1)Nc1ccccc1C(F)(F)F. The van der Waals surface area contributed by atoms with Gasteiger partial charge >= 0.3 is 6.18 Å². The molecule has 2 saturated heterocycles. The average Bonchev–Trinajstić information content (AvgIpc) is 3.17. The molecule has 0 bridgehead atoms. The number of anilines is 2. The predicted molar refractivity (Wildman–Crippen MR) is 112 cm³/mol. The third-order valence-electron chi connectivity index (χ3n) is 5.00. The molecule has 2 aromatic rings. The Bertz CT molecular complexity index is 959. The molecule has 2 aliphatic rings. The van der Waals surface area contributed by atoms with Crippen molar-refractivity contribution in [3.8, 4) is 0 Å². The molecule has 3 atom stereocenters. The Morgan fingerprint density at radius 2 is 1.84 bits per heavy atom. The van der Waals surface area contributed by atoms with E-state index in [0.717, 1.165) is 23.5 Å². The minimum atomic E-state index is -4.57. The summed E-state index contributed by atoms with van der Waals surface area (Å²) in [6.07, 6.45) is -4.89. The Labute approximate surface area is 180 Å². The van der Waals surface area contributed by atoms with Crippen molar-refractivity contribution in [2.45, 2.75) is 17.8 Å². The summed E-state index contributed by atoms with van der Waals surface area (Å²) < 4.78 is 39.3. The summed E-state index contributed by atoms with van der Waals surface area (Å²) in [7, 11) is 0. The zero-order valence-corrected chi connectivity index (χ0v) is 17.0. The lowest BCUT2D eigenvalue weighted by Crippen LogP contribution is -2.63. The van der Waals surface area contributed by atoms with Gasteiger partial charge in [-0.25, -0.2) is 5.43 Å². The number of alkyl halides is 3. The van der Waals surface area contributed by atoms with Crippen LogP contribution in [0, 0.1) is 5.92 Å². The van der Waals surface area contributed by atoms with Crippen LogP contribution in [-0.4, -0.2) is 35.8 Å². The maximum absolute atomic E-state index is 13.1. The largest absolute Gasteiger partial charge is 0.418 e. The average molecular weight is 451 g/mol. The predicted octanol–water partition coefficient (Wildman–Crippen LogP) is 2.35. The van der Waals surface area contributed by atoms with Gasteiger partial charge < -0.3 is 10.6 Å². The van der Waals surface area contributed by atoms with Crippen molar-refractivity contribution < 1.29 is 22.8 Å². The number of hydrazine groups is 1. The number of nitrogens with zero attached hydrogens (tertiary/aromatic N) is 1. The Morgan fingerprint density at radius 3 is 2.58 bits per heavy atom. The normalized spacial score (nSPS) is 23.3. The monoisotopic (exact) mass is 451 g/mol. The van der Waals surface area contributed by atoms with Gasteiger partial charge in [-0.3, -0.25) is 19.9 Å². The molecule has 2 heterocycles. The van der Waals surface area contributed by atoms with Gasteiger partial charge in [0.25, 0.3) is 0 Å². The van der Waals surface area contributed by atoms with Crippen LogP contribution >= 0.6 is 11.8 Å². The second-order valence-electron chi connectivity index (χ2n) is 7.08. The molecule has 0 aliphatic carbocycles. The highest BCUT2D eigenvalue weighted by Crippen LogP contribution is 2.34. The molecular weight excluding hydrogens is 431 g/mol. The maximum Gasteiger partial charge on any atom is 0.418 e. The summed E-state index contributed by atoms with van der Waals surface area (Å²) in [5.74, 6) is -1.20. The number of nitrogens with one attached hydrogen (secondary N) is 4. The third kappa shape index (κ3) is 4.78. The Balaban J connectivity index is 1.37. The van der Waals surface area contributed by atoms with Gasteiger partial charge in [0, 0.05) is 6.54 Å². The fourth-order valence-electron chi connectivity index (χ4n) is 3.56. The first kappa shape index (κ1) is 21.5. The van der Waals surface area contributed by atoms with E-state index in [9.17, 15) is 22.8 Å². The zero-order valence-electron chi connectivity index (χ0n) is 16.1. The van der Waals surface area contributed by atoms with Gasteiger partial charge in [0.1, 0.15) is 11.7 Å². The van der Waals surface area contributed by atoms with E-state index in [1.54, 1.807) is 0 Å². The van der Waals surface area contributed by atoms with Crippen LogP contribution in [-0.2, 0) is 15.8 Å². The van der Waals surface area contributed by atoms with Gasteiger partial charge in [-0.2, -0.15) is 13.2 Å². The standard InChI is InChI=1S/C20H20F3N5O2S/c21-20(22,23)14-8-4-5-9-15(14)25-16(29)11-31-19-26-17-13(18(30)27-19)10-24-28(17)12-6-2-1-3-7-12/h1-9,13,17,19,24,26H,10-11H2,(H,25,29)(H,27,30). The number of thioether (sulfide) groups is 1. The highest BCUT2D eigenvalue weighted by molar-refractivity contribution is 8.00. The number of hydrogen-bond donors (Lipinski definition) is 4. The van der Waals surface area contributed by atoms with Gasteiger partial charge in [-0.05, 0) is 24.3 Å². The van der Waals surface area contributed by atoms with Crippen LogP contribution in [0.4, 0.5) is 24.5 Å². The van der Waals surface area contributed by atoms with Crippen LogP contribution in [0.1, 0.15) is 5.56 Å². The number of rotatable bonds is 5. The fourth-order valence-corrected chi connectivity index (χ4v) is 4.39. The van der Waals surface area contributed by atoms with Crippen LogP contribution in [0.15, 0.2) is 54.6 Å². The number of para-hydroxylation sites is 2. The number of fused-ring (bicyclic) bond motifs is 1. The molecule has 4 N–H and O–H groups in total. The van der Waals surface area contributed by atoms with Crippen LogP contribution < -0.4 is 26.4 Å². The van der Waals surface area contributed by atoms with Crippen molar-refractivity contribution in [2.24, 2.45) is 5.92 Å². The van der Waals surface area contributed by atoms with Crippen molar-refractivity contribution >= 4 is 35.0 Å². The molecule has 7 nitrogen and oxygen atoms in total. The summed E-state index contributed by atoms with van der Waals surface area (Å²) in [5.41, 5.74) is 2.32. The number of amides is 2. The first-order valence-corrected chi connectivity index (χ1v) is 10.6. The molecule has 31 heavy (non-hydrogen) atoms. The van der Waals surface area contributed by atoms with Crippen LogP contribution in [0.3, 0.4) is 0 Å². The molecule has 2 aliphatic heterocycles. The van der Waals surface area contributed by atoms with Crippen LogP contribution in [0.25, 0.3) is 0 Å². The van der Waals surface area contributed by atoms with Crippen molar-refractivity contribution in [3.63, 3.8) is 0 Å². The smallest absolute Gasteiger partial charge is 0.331 e. The van der Waals surface area contributed by atoms with Gasteiger partial charge in [0.15, 0.2) is 0 Å². The molecule has 2 fully saturated rings. The van der Waals surface area contributed by atoms with Crippen molar-refractivity contribution in [3.05, 3.63) is 60.2 Å². The van der Waals surface area contributed by atoms with E-state index in [1.165, 1.54) is 18.2 Å². The van der Waals surface area contributed by atoms with Gasteiger partial charge in [0.2, 0.25) is 11.8 Å². The minimum absolute atomic E-state index is 0.139. The second-order valence-corrected chi connectivity index (χ2v) is 8.17. The summed E-state index contributed by atoms with van der Waals surface area (Å²) in [4.78, 5) is 24.8. The fraction of sp³-hybridized carbons (Fsp3) is 0.300. The van der Waals surface area contributed by atoms with E-state index in [4.69, 9.17) is 0 Å². The molecule has 0 radical (unpaired) electrons. The molecule has 4 rings (SSSR count). The minimum Gasteiger partial charge on any atom is -0.331 e. The molecule has 2 aromatic carbocycles. The molecule has 0 spiro atoms. The van der Waals surface area contributed by atoms with Crippen LogP contribution in [0.5, 0.6) is 0 Å². The van der Waals surface area contributed by atoms with Crippen molar-refractivity contribution in [1.29, 1.82) is 0 Å². The number of hydrogen-bond acceptors (Lipinski definition) is 6. The molecular formula is C20H20F3N5O2S. The van der Waals surface area contributed by atoms with E-state index >= 15 is 0 Å². The highest BCUT2D eigenvalue weighted by Gasteiger charge is 2.44. The van der Waals surface area contributed by atoms with Gasteiger partial charge in [0.05, 0.1) is 28.6 Å². The van der Waals surface area contributed by atoms with E-state index in [0.29, 0.717) is 6.54 Å². The second kappa shape index (κ2) is 8.77. The number of halogens is 3. The molecule has 3 unspecified atom stereocenters. The Kier molecular flexibility index (Phi) is 6.08. The molecule has 11 heteroatoms. The number of carbonyl (C=O) groups is 2. The zero-order chi connectivity index (χ0) is 22.0. The number of carbonyl (C=O) groups excluding carboxylic acids is 2. The lowest BCUT2D eigenvalue weighted by molar-refractivity contribution is -0.137. The third-order valence-corrected chi connectivity index (χ3v) is 6.01. The molecule has 164 valence electrons. The van der Waals surface area contributed by atoms with Gasteiger partial charge in [-0.1, -0.05) is 30.3 Å². The quantitative estimate of drug-likeness (QED) is 0.559. The van der Waals surface area contributed by atoms with Crippen LogP contribution in [0.2, 0.25) is 0 Å². The Hall–Kier alpha value is -2.76. The van der Waals surface area contributed by atoms with Gasteiger partial charge in [-0.15, -0.1) is 11.8 Å². The topological polar surface area (TPSA) is 85.5 Å². The summed E-state index contributed by atoms with van der Waals surface area (Å²) in [6, 6.07) is 14.3. The van der Waals surface area contributed by atoms with Crippen molar-refractivity contribution in [1.82, 2.24) is 16.1 Å². The lowest BCUT2D eigenvalue weighted by Gasteiger charge is -2.37. The maximum atomic E-state index is 13.1. The highest BCUT2D eigenvalue weighted by atomic mass is 32.2. The van der Waals surface area contributed by atoms with E-state index in [-0.39, 0.29) is 29.4 Å². The van der Waals surface area contributed by atoms with E-state index in [1.807, 2.05) is 35.3 Å². The lowest BCUT2D eigenvalue weighted by atomic mass is 10.1. The Morgan fingerprint density at radius 1 is 1.13 bits per heavy atom. The molecule has 2 amide bonds. The van der Waals surface area contributed by atoms with E-state index < -0.39 is 23.1 Å². The first-order chi connectivity index (χ1) is 14.8.